The molecule has 1 aromatic carbocycles. The third kappa shape index (κ3) is 3.98. The Balaban J connectivity index is 1.84. The summed E-state index contributed by atoms with van der Waals surface area (Å²) in [7, 11) is 3.47. The quantitative estimate of drug-likeness (QED) is 0.581. The van der Waals surface area contributed by atoms with Crippen molar-refractivity contribution in [1.82, 2.24) is 20.2 Å². The van der Waals surface area contributed by atoms with Crippen LogP contribution in [0.3, 0.4) is 0 Å². The van der Waals surface area contributed by atoms with Gasteiger partial charge in [-0.05, 0) is 36.3 Å². The van der Waals surface area contributed by atoms with Gasteiger partial charge < -0.3 is 20.7 Å². The van der Waals surface area contributed by atoms with Gasteiger partial charge in [-0.1, -0.05) is 27.7 Å². The van der Waals surface area contributed by atoms with E-state index in [-0.39, 0.29) is 5.41 Å². The van der Waals surface area contributed by atoms with Crippen LogP contribution in [0, 0.1) is 17.8 Å². The highest BCUT2D eigenvalue weighted by molar-refractivity contribution is 5.97. The summed E-state index contributed by atoms with van der Waals surface area (Å²) in [4.78, 5) is 12.0. The summed E-state index contributed by atoms with van der Waals surface area (Å²) in [5, 5.41) is 11.0. The molecule has 1 aliphatic rings. The highest BCUT2D eigenvalue weighted by atomic mass is 16.5. The molecule has 0 spiro atoms. The molecule has 0 aliphatic carbocycles. The molecule has 1 aliphatic heterocycles. The molecule has 31 heavy (non-hydrogen) atoms. The first-order valence-electron chi connectivity index (χ1n) is 10.7. The number of hydrogen-bond donors (Lipinski definition) is 3. The van der Waals surface area contributed by atoms with Gasteiger partial charge in [0.15, 0.2) is 5.82 Å². The van der Waals surface area contributed by atoms with Gasteiger partial charge >= 0.3 is 0 Å². The van der Waals surface area contributed by atoms with Crippen molar-refractivity contribution in [3.8, 4) is 17.0 Å². The van der Waals surface area contributed by atoms with E-state index in [2.05, 4.69) is 60.6 Å². The number of aromatic nitrogens is 4. The topological polar surface area (TPSA) is 105 Å². The number of rotatable bonds is 4. The number of nitrogens with one attached hydrogen (secondary N) is 2. The van der Waals surface area contributed by atoms with E-state index in [0.717, 1.165) is 40.9 Å². The number of piperidine rings is 1. The Morgan fingerprint density at radius 3 is 2.68 bits per heavy atom. The maximum Gasteiger partial charge on any atom is 0.224 e. The second kappa shape index (κ2) is 7.90. The van der Waals surface area contributed by atoms with Crippen LogP contribution >= 0.6 is 0 Å². The molecule has 2 atom stereocenters. The van der Waals surface area contributed by atoms with Crippen molar-refractivity contribution in [2.45, 2.75) is 40.2 Å². The minimum atomic E-state index is 0.0979. The van der Waals surface area contributed by atoms with E-state index in [0.29, 0.717) is 29.5 Å². The number of H-pyrrole nitrogens is 1. The first-order chi connectivity index (χ1) is 14.7. The number of nitrogens with two attached hydrogens (primary N) is 1. The van der Waals surface area contributed by atoms with E-state index in [1.54, 1.807) is 7.11 Å². The fourth-order valence-electron chi connectivity index (χ4n) is 4.36. The van der Waals surface area contributed by atoms with Gasteiger partial charge in [-0.15, -0.1) is 0 Å². The molecule has 4 N–H and O–H groups in total. The zero-order valence-electron chi connectivity index (χ0n) is 19.2. The van der Waals surface area contributed by atoms with Crippen molar-refractivity contribution in [2.75, 3.05) is 36.7 Å². The summed E-state index contributed by atoms with van der Waals surface area (Å²) >= 11 is 0. The van der Waals surface area contributed by atoms with Gasteiger partial charge in [-0.3, -0.25) is 5.10 Å². The maximum atomic E-state index is 6.01. The van der Waals surface area contributed by atoms with Gasteiger partial charge in [0.05, 0.1) is 23.7 Å². The van der Waals surface area contributed by atoms with Crippen LogP contribution in [0.5, 0.6) is 5.75 Å². The lowest BCUT2D eigenvalue weighted by Crippen LogP contribution is -2.50. The number of anilines is 3. The molecule has 1 radical (unpaired) electrons. The summed E-state index contributed by atoms with van der Waals surface area (Å²) in [5.41, 5.74) is 8.64. The van der Waals surface area contributed by atoms with Gasteiger partial charge in [-0.2, -0.15) is 10.1 Å². The zero-order chi connectivity index (χ0) is 22.3. The van der Waals surface area contributed by atoms with E-state index < -0.39 is 0 Å². The van der Waals surface area contributed by atoms with Crippen LogP contribution in [0.25, 0.3) is 22.2 Å². The van der Waals surface area contributed by atoms with Crippen LogP contribution in [0.2, 0.25) is 0 Å². The first-order valence-corrected chi connectivity index (χ1v) is 10.7. The number of aromatic amines is 1. The average molecular weight is 423 g/mol. The van der Waals surface area contributed by atoms with Crippen LogP contribution < -0.4 is 20.7 Å². The molecule has 8 nitrogen and oxygen atoms in total. The first kappa shape index (κ1) is 21.2. The van der Waals surface area contributed by atoms with Gasteiger partial charge in [-0.25, -0.2) is 4.98 Å². The molecular weight excluding hydrogens is 390 g/mol. The fourth-order valence-corrected chi connectivity index (χ4v) is 4.36. The van der Waals surface area contributed by atoms with Crippen molar-refractivity contribution in [3.63, 3.8) is 0 Å². The number of nitrogen functional groups attached to an aromatic ring is 1. The van der Waals surface area contributed by atoms with Crippen LogP contribution in [0.1, 0.15) is 34.1 Å². The second-order valence-corrected chi connectivity index (χ2v) is 9.43. The SMILES string of the molecule is CNc1nc(-c2cc(OC)c3c(N)n[nH]c3c2)cc(N2C[C@H](C)C[CH]C2C(C)(C)C)n1. The molecule has 1 fully saturated rings. The largest absolute Gasteiger partial charge is 0.496 e. The van der Waals surface area contributed by atoms with E-state index in [9.17, 15) is 0 Å². The third-order valence-corrected chi connectivity index (χ3v) is 5.89. The maximum absolute atomic E-state index is 6.01. The Morgan fingerprint density at radius 2 is 2.00 bits per heavy atom. The van der Waals surface area contributed by atoms with E-state index in [1.165, 1.54) is 0 Å². The van der Waals surface area contributed by atoms with Crippen molar-refractivity contribution in [3.05, 3.63) is 24.6 Å². The van der Waals surface area contributed by atoms with Crippen LogP contribution in [0.15, 0.2) is 18.2 Å². The lowest BCUT2D eigenvalue weighted by molar-refractivity contribution is 0.285. The Kier molecular flexibility index (Phi) is 5.41. The number of nitrogens with zero attached hydrogens (tertiary/aromatic N) is 4. The fraction of sp³-hybridized carbons (Fsp3) is 0.478. The summed E-state index contributed by atoms with van der Waals surface area (Å²) in [6.07, 6.45) is 3.54. The number of hydrogen-bond acceptors (Lipinski definition) is 7. The van der Waals surface area contributed by atoms with E-state index >= 15 is 0 Å². The highest BCUT2D eigenvalue weighted by Crippen LogP contribution is 2.38. The van der Waals surface area contributed by atoms with Crippen LogP contribution in [-0.4, -0.2) is 46.9 Å². The monoisotopic (exact) mass is 422 g/mol. The predicted octanol–water partition coefficient (Wildman–Crippen LogP) is 4.12. The minimum absolute atomic E-state index is 0.0979. The van der Waals surface area contributed by atoms with Crippen molar-refractivity contribution >= 4 is 28.5 Å². The summed E-state index contributed by atoms with van der Waals surface area (Å²) < 4.78 is 5.59. The van der Waals surface area contributed by atoms with Gasteiger partial charge in [0.1, 0.15) is 11.6 Å². The molecule has 1 unspecified atom stereocenters. The predicted molar refractivity (Wildman–Crippen MR) is 126 cm³/mol. The van der Waals surface area contributed by atoms with E-state index in [1.807, 2.05) is 19.2 Å². The average Bonchev–Trinajstić information content (AvgIpc) is 3.12. The molecule has 4 rings (SSSR count). The van der Waals surface area contributed by atoms with Gasteiger partial charge in [0.2, 0.25) is 5.95 Å². The second-order valence-electron chi connectivity index (χ2n) is 9.43. The molecule has 0 saturated carbocycles. The van der Waals surface area contributed by atoms with Crippen molar-refractivity contribution in [1.29, 1.82) is 0 Å². The molecular formula is C23H32N7O. The number of methoxy groups -OCH3 is 1. The molecule has 3 aromatic rings. The summed E-state index contributed by atoms with van der Waals surface area (Å²) in [6.45, 7) is 10.1. The van der Waals surface area contributed by atoms with Gasteiger partial charge in [0, 0.05) is 31.3 Å². The molecule has 8 heteroatoms. The number of benzene rings is 1. The van der Waals surface area contributed by atoms with Crippen molar-refractivity contribution < 1.29 is 4.74 Å². The number of ether oxygens (including phenoxy) is 1. The Morgan fingerprint density at radius 1 is 1.23 bits per heavy atom. The van der Waals surface area contributed by atoms with Crippen molar-refractivity contribution in [2.24, 2.45) is 11.3 Å². The Bertz CT molecular complexity index is 1090. The standard InChI is InChI=1S/C23H32N7O/c1-13-7-8-18(23(2,3)4)30(12-13)19-11-15(26-22(25-5)27-19)14-9-16-20(17(10-14)31-6)21(24)29-28-16/h8-11,13,18H,7,12H2,1-6H3,(H3,24,28,29)(H,25,26,27)/t13-,18?/m1/s1. The number of fused-ring (bicyclic) bond motifs is 1. The van der Waals surface area contributed by atoms with Crippen LogP contribution in [-0.2, 0) is 0 Å². The lowest BCUT2D eigenvalue weighted by Gasteiger charge is -2.46. The molecule has 0 amide bonds. The highest BCUT2D eigenvalue weighted by Gasteiger charge is 2.36. The van der Waals surface area contributed by atoms with Gasteiger partial charge in [0.25, 0.3) is 0 Å². The molecule has 1 saturated heterocycles. The Labute approximate surface area is 183 Å². The summed E-state index contributed by atoms with van der Waals surface area (Å²) in [6, 6.07) is 6.30. The smallest absolute Gasteiger partial charge is 0.224 e. The Hall–Kier alpha value is -3.03. The minimum Gasteiger partial charge on any atom is -0.496 e. The molecule has 3 heterocycles. The third-order valence-electron chi connectivity index (χ3n) is 5.89. The zero-order valence-corrected chi connectivity index (χ0v) is 19.2. The molecule has 165 valence electrons. The summed E-state index contributed by atoms with van der Waals surface area (Å²) in [5.74, 6) is 3.15. The molecule has 0 bridgehead atoms. The van der Waals surface area contributed by atoms with E-state index in [4.69, 9.17) is 20.4 Å². The normalized spacial score (nSPS) is 19.6. The lowest BCUT2D eigenvalue weighted by atomic mass is 9.78. The van der Waals surface area contributed by atoms with Crippen LogP contribution in [0.4, 0.5) is 17.6 Å². The molecule has 2 aromatic heterocycles.